The van der Waals surface area contributed by atoms with Crippen molar-refractivity contribution in [2.24, 2.45) is 0 Å². The summed E-state index contributed by atoms with van der Waals surface area (Å²) in [5.74, 6) is -1.90. The zero-order valence-electron chi connectivity index (χ0n) is 13.2. The van der Waals surface area contributed by atoms with Crippen LogP contribution in [0.25, 0.3) is 5.69 Å². The second kappa shape index (κ2) is 6.75. The maximum Gasteiger partial charge on any atom is 0.416 e. The molecule has 11 heteroatoms. The lowest BCUT2D eigenvalue weighted by molar-refractivity contribution is -0.147. The Kier molecular flexibility index (Phi) is 4.64. The Bertz CT molecular complexity index is 836. The third-order valence-electron chi connectivity index (χ3n) is 3.82. The fourth-order valence-electron chi connectivity index (χ4n) is 2.51. The van der Waals surface area contributed by atoms with E-state index in [0.29, 0.717) is 0 Å². The van der Waals surface area contributed by atoms with Gasteiger partial charge in [0.15, 0.2) is 11.7 Å². The van der Waals surface area contributed by atoms with Gasteiger partial charge in [0, 0.05) is 6.54 Å². The molecule has 0 radical (unpaired) electrons. The summed E-state index contributed by atoms with van der Waals surface area (Å²) in [5.41, 5.74) is -0.962. The number of carbonyl (C=O) groups excluding carboxylic acids is 1. The summed E-state index contributed by atoms with van der Waals surface area (Å²) in [6.07, 6.45) is -3.36. The first kappa shape index (κ1) is 17.9. The predicted molar refractivity (Wildman–Crippen MR) is 79.6 cm³/mol. The van der Waals surface area contributed by atoms with E-state index in [2.05, 4.69) is 10.3 Å². The Hall–Kier alpha value is -2.95. The number of halogens is 3. The van der Waals surface area contributed by atoms with E-state index >= 15 is 0 Å². The summed E-state index contributed by atoms with van der Waals surface area (Å²) in [5, 5.41) is 16.5. The van der Waals surface area contributed by atoms with E-state index in [1.807, 2.05) is 0 Å². The number of carboxylic acid groups (broad SMARTS) is 1. The summed E-state index contributed by atoms with van der Waals surface area (Å²) in [6.45, 7) is 0.0896. The molecule has 1 aliphatic heterocycles. The average Bonchev–Trinajstić information content (AvgIpc) is 3.10. The van der Waals surface area contributed by atoms with Crippen molar-refractivity contribution < 1.29 is 32.6 Å². The van der Waals surface area contributed by atoms with Crippen LogP contribution in [0.5, 0.6) is 0 Å². The van der Waals surface area contributed by atoms with E-state index in [1.165, 1.54) is 12.1 Å². The SMILES string of the molecule is O=C(O)C1COCCN1C(=O)c1cn(-c2cccc(C(F)(F)F)c2)nn1. The van der Waals surface area contributed by atoms with Gasteiger partial charge in [0.25, 0.3) is 5.91 Å². The number of nitrogens with zero attached hydrogens (tertiary/aromatic N) is 4. The monoisotopic (exact) mass is 370 g/mol. The molecular weight excluding hydrogens is 357 g/mol. The standard InChI is InChI=1S/C15H13F3N4O4/c16-15(17,18)9-2-1-3-10(6-9)22-7-11(19-20-22)13(23)21-4-5-26-8-12(21)14(24)25/h1-3,6-7,12H,4-5,8H2,(H,24,25). The van der Waals surface area contributed by atoms with E-state index in [1.54, 1.807) is 0 Å². The van der Waals surface area contributed by atoms with Gasteiger partial charge in [0.2, 0.25) is 0 Å². The molecule has 1 amide bonds. The van der Waals surface area contributed by atoms with Crippen LogP contribution in [-0.4, -0.2) is 62.7 Å². The van der Waals surface area contributed by atoms with Gasteiger partial charge in [0.05, 0.1) is 30.7 Å². The summed E-state index contributed by atoms with van der Waals surface area (Å²) >= 11 is 0. The first-order valence-corrected chi connectivity index (χ1v) is 7.49. The zero-order chi connectivity index (χ0) is 18.9. The molecule has 1 unspecified atom stereocenters. The maximum absolute atomic E-state index is 12.8. The molecule has 1 fully saturated rings. The van der Waals surface area contributed by atoms with Crippen LogP contribution in [0.1, 0.15) is 16.1 Å². The number of benzene rings is 1. The normalized spacial score (nSPS) is 18.0. The smallest absolute Gasteiger partial charge is 0.416 e. The highest BCUT2D eigenvalue weighted by atomic mass is 19.4. The molecule has 1 aliphatic rings. The van der Waals surface area contributed by atoms with E-state index in [9.17, 15) is 27.9 Å². The van der Waals surface area contributed by atoms with E-state index in [-0.39, 0.29) is 31.1 Å². The van der Waals surface area contributed by atoms with Crippen molar-refractivity contribution in [2.45, 2.75) is 12.2 Å². The van der Waals surface area contributed by atoms with Crippen molar-refractivity contribution in [1.82, 2.24) is 19.9 Å². The molecule has 1 N–H and O–H groups in total. The molecule has 138 valence electrons. The van der Waals surface area contributed by atoms with Crippen LogP contribution in [0.3, 0.4) is 0 Å². The third-order valence-corrected chi connectivity index (χ3v) is 3.82. The minimum absolute atomic E-state index is 0.0617. The molecule has 1 atom stereocenters. The second-order valence-corrected chi connectivity index (χ2v) is 5.52. The molecule has 0 saturated carbocycles. The van der Waals surface area contributed by atoms with Gasteiger partial charge in [-0.15, -0.1) is 5.10 Å². The minimum atomic E-state index is -4.52. The number of aromatic nitrogens is 3. The third kappa shape index (κ3) is 3.52. The maximum atomic E-state index is 12.8. The molecule has 1 saturated heterocycles. The zero-order valence-corrected chi connectivity index (χ0v) is 13.2. The Balaban J connectivity index is 1.86. The molecule has 0 bridgehead atoms. The van der Waals surface area contributed by atoms with Gasteiger partial charge < -0.3 is 14.7 Å². The Morgan fingerprint density at radius 2 is 2.08 bits per heavy atom. The fraction of sp³-hybridized carbons (Fsp3) is 0.333. The quantitative estimate of drug-likeness (QED) is 0.872. The topological polar surface area (TPSA) is 97.6 Å². The highest BCUT2D eigenvalue weighted by Gasteiger charge is 2.34. The number of ether oxygens (including phenoxy) is 1. The van der Waals surface area contributed by atoms with Crippen LogP contribution in [0, 0.1) is 0 Å². The number of hydrogen-bond acceptors (Lipinski definition) is 5. The van der Waals surface area contributed by atoms with Crippen molar-refractivity contribution in [1.29, 1.82) is 0 Å². The molecule has 3 rings (SSSR count). The van der Waals surface area contributed by atoms with Crippen molar-refractivity contribution in [2.75, 3.05) is 19.8 Å². The van der Waals surface area contributed by atoms with Crippen LogP contribution in [-0.2, 0) is 15.7 Å². The molecule has 1 aromatic heterocycles. The highest BCUT2D eigenvalue weighted by molar-refractivity contribution is 5.95. The molecular formula is C15H13F3N4O4. The average molecular weight is 370 g/mol. The molecule has 26 heavy (non-hydrogen) atoms. The minimum Gasteiger partial charge on any atom is -0.480 e. The Morgan fingerprint density at radius 3 is 2.77 bits per heavy atom. The van der Waals surface area contributed by atoms with Gasteiger partial charge in [-0.3, -0.25) is 4.79 Å². The largest absolute Gasteiger partial charge is 0.480 e. The van der Waals surface area contributed by atoms with Crippen LogP contribution in [0.4, 0.5) is 13.2 Å². The van der Waals surface area contributed by atoms with Crippen molar-refractivity contribution in [3.8, 4) is 5.69 Å². The summed E-state index contributed by atoms with van der Waals surface area (Å²) in [6, 6.07) is 3.22. The van der Waals surface area contributed by atoms with Crippen LogP contribution < -0.4 is 0 Å². The van der Waals surface area contributed by atoms with Crippen molar-refractivity contribution in [3.63, 3.8) is 0 Å². The number of alkyl halides is 3. The van der Waals surface area contributed by atoms with Crippen LogP contribution in [0.2, 0.25) is 0 Å². The summed E-state index contributed by atoms with van der Waals surface area (Å²) < 4.78 is 44.5. The van der Waals surface area contributed by atoms with Gasteiger partial charge in [-0.1, -0.05) is 11.3 Å². The van der Waals surface area contributed by atoms with Crippen molar-refractivity contribution in [3.05, 3.63) is 41.7 Å². The number of carboxylic acids is 1. The van der Waals surface area contributed by atoms with E-state index in [4.69, 9.17) is 4.74 Å². The lowest BCUT2D eigenvalue weighted by atomic mass is 10.2. The van der Waals surface area contributed by atoms with Gasteiger partial charge in [-0.2, -0.15) is 13.2 Å². The molecule has 2 aromatic rings. The van der Waals surface area contributed by atoms with Gasteiger partial charge in [-0.25, -0.2) is 9.48 Å². The number of hydrogen-bond donors (Lipinski definition) is 1. The van der Waals surface area contributed by atoms with E-state index in [0.717, 1.165) is 27.9 Å². The van der Waals surface area contributed by atoms with Crippen molar-refractivity contribution >= 4 is 11.9 Å². The Morgan fingerprint density at radius 1 is 1.31 bits per heavy atom. The first-order chi connectivity index (χ1) is 12.3. The lowest BCUT2D eigenvalue weighted by Gasteiger charge is -2.32. The second-order valence-electron chi connectivity index (χ2n) is 5.52. The molecule has 1 aromatic carbocycles. The van der Waals surface area contributed by atoms with E-state index < -0.39 is 29.7 Å². The van der Waals surface area contributed by atoms with Gasteiger partial charge in [-0.05, 0) is 18.2 Å². The Labute approximate surface area is 144 Å². The molecule has 0 spiro atoms. The number of rotatable bonds is 3. The molecule has 0 aliphatic carbocycles. The van der Waals surface area contributed by atoms with Crippen LogP contribution >= 0.6 is 0 Å². The number of morpholine rings is 1. The number of amides is 1. The van der Waals surface area contributed by atoms with Crippen LogP contribution in [0.15, 0.2) is 30.5 Å². The highest BCUT2D eigenvalue weighted by Crippen LogP contribution is 2.30. The number of aliphatic carboxylic acids is 1. The fourth-order valence-corrected chi connectivity index (χ4v) is 2.51. The number of carbonyl (C=O) groups is 2. The lowest BCUT2D eigenvalue weighted by Crippen LogP contribution is -2.52. The molecule has 8 nitrogen and oxygen atoms in total. The molecule has 2 heterocycles. The van der Waals surface area contributed by atoms with Gasteiger partial charge >= 0.3 is 12.1 Å². The first-order valence-electron chi connectivity index (χ1n) is 7.49. The van der Waals surface area contributed by atoms with Gasteiger partial charge in [0.1, 0.15) is 0 Å². The summed E-state index contributed by atoms with van der Waals surface area (Å²) in [7, 11) is 0. The summed E-state index contributed by atoms with van der Waals surface area (Å²) in [4.78, 5) is 24.8. The predicted octanol–water partition coefficient (Wildman–Crippen LogP) is 1.21.